The van der Waals surface area contributed by atoms with E-state index in [1.807, 2.05) is 0 Å². The second kappa shape index (κ2) is 20.8. The first-order chi connectivity index (χ1) is 22.7. The van der Waals surface area contributed by atoms with Gasteiger partial charge in [0.2, 0.25) is 7.14 Å². The van der Waals surface area contributed by atoms with Crippen molar-refractivity contribution in [1.29, 1.82) is 0 Å². The molecule has 7 rings (SSSR count). The van der Waals surface area contributed by atoms with Gasteiger partial charge in [0, 0.05) is 20.1 Å². The zero-order valence-electron chi connectivity index (χ0n) is 25.8. The summed E-state index contributed by atoms with van der Waals surface area (Å²) in [6, 6.07) is 73.4. The minimum absolute atomic E-state index is 0. The summed E-state index contributed by atoms with van der Waals surface area (Å²) < 4.78 is 2.77. The van der Waals surface area contributed by atoms with Gasteiger partial charge in [-0.05, 0) is 84.9 Å². The van der Waals surface area contributed by atoms with Crippen LogP contribution in [0, 0.1) is 7.14 Å². The Bertz CT molecular complexity index is 1520. The summed E-state index contributed by atoms with van der Waals surface area (Å²) in [5, 5.41) is 8.61. The predicted octanol–water partition coefficient (Wildman–Crippen LogP) is 0.949. The van der Waals surface area contributed by atoms with Crippen molar-refractivity contribution >= 4 is 47.7 Å². The summed E-state index contributed by atoms with van der Waals surface area (Å²) in [6.45, 7) is 0. The fourth-order valence-electron chi connectivity index (χ4n) is 5.08. The maximum Gasteiger partial charge on any atom is 0.301 e. The minimum atomic E-state index is -0.877. The summed E-state index contributed by atoms with van der Waals surface area (Å²) in [7, 11) is -1.75. The van der Waals surface area contributed by atoms with Gasteiger partial charge in [-0.25, -0.2) is 0 Å². The SMILES string of the molecule is [IH+]c1ccccc1[IH+].[Ir].c1ccc([PH+](c2ccccc2)c2ccccc2)cc1.c1ccc([PH+](c2ccccc2)c2ccccc2)cc1. The number of benzene rings is 7. The van der Waals surface area contributed by atoms with Crippen LogP contribution >= 0.6 is 15.8 Å². The summed E-state index contributed by atoms with van der Waals surface area (Å²) in [6.07, 6.45) is 0. The molecule has 0 fully saturated rings. The topological polar surface area (TPSA) is 0 Å². The molecular formula is C42H38I2IrP2+4. The second-order valence-electron chi connectivity index (χ2n) is 10.4. The van der Waals surface area contributed by atoms with E-state index in [4.69, 9.17) is 0 Å². The fourth-order valence-corrected chi connectivity index (χ4v) is 11.1. The van der Waals surface area contributed by atoms with Gasteiger partial charge in [0.1, 0.15) is 31.8 Å². The van der Waals surface area contributed by atoms with Crippen LogP contribution in [0.2, 0.25) is 0 Å². The monoisotopic (exact) mass is 1050 g/mol. The number of hydrogen-bond acceptors (Lipinski definition) is 0. The molecule has 0 aliphatic heterocycles. The van der Waals surface area contributed by atoms with Crippen molar-refractivity contribution in [2.45, 2.75) is 0 Å². The third-order valence-electron chi connectivity index (χ3n) is 7.22. The molecule has 7 aromatic carbocycles. The van der Waals surface area contributed by atoms with Gasteiger partial charge in [0.05, 0.1) is 15.8 Å². The van der Waals surface area contributed by atoms with Crippen LogP contribution < -0.4 is 77.0 Å². The molecule has 0 spiro atoms. The van der Waals surface area contributed by atoms with Crippen LogP contribution in [0.5, 0.6) is 0 Å². The molecule has 1 radical (unpaired) electrons. The Kier molecular flexibility index (Phi) is 16.5. The van der Waals surface area contributed by atoms with Crippen LogP contribution in [0.3, 0.4) is 0 Å². The van der Waals surface area contributed by atoms with Gasteiger partial charge in [-0.15, -0.1) is 0 Å². The third kappa shape index (κ3) is 11.6. The van der Waals surface area contributed by atoms with Gasteiger partial charge in [-0.1, -0.05) is 121 Å². The first-order valence-electron chi connectivity index (χ1n) is 15.2. The fraction of sp³-hybridized carbons (Fsp3) is 0. The van der Waals surface area contributed by atoms with Crippen molar-refractivity contribution in [2.75, 3.05) is 0 Å². The Morgan fingerprint density at radius 2 is 0.383 bits per heavy atom. The van der Waals surface area contributed by atoms with Crippen LogP contribution in [0.1, 0.15) is 0 Å². The van der Waals surface area contributed by atoms with E-state index < -0.39 is 15.8 Å². The molecule has 0 saturated carbocycles. The van der Waals surface area contributed by atoms with Gasteiger partial charge in [0.25, 0.3) is 0 Å². The summed E-state index contributed by atoms with van der Waals surface area (Å²) in [5.41, 5.74) is 0. The van der Waals surface area contributed by atoms with Gasteiger partial charge >= 0.3 is 45.2 Å². The molecule has 0 heterocycles. The van der Waals surface area contributed by atoms with Crippen molar-refractivity contribution in [2.24, 2.45) is 0 Å². The average molecular weight is 1050 g/mol. The van der Waals surface area contributed by atoms with Crippen LogP contribution in [-0.2, 0) is 20.1 Å². The zero-order chi connectivity index (χ0) is 31.8. The maximum atomic E-state index is 2.24. The molecule has 7 aromatic rings. The maximum absolute atomic E-state index is 2.24. The molecule has 0 aliphatic rings. The van der Waals surface area contributed by atoms with Crippen LogP contribution in [0.15, 0.2) is 206 Å². The molecule has 0 N–H and O–H groups in total. The minimum Gasteiger partial charge on any atom is -0.0620 e. The quantitative estimate of drug-likeness (QED) is 0.172. The largest absolute Gasteiger partial charge is 0.301 e. The van der Waals surface area contributed by atoms with E-state index in [0.717, 1.165) is 0 Å². The van der Waals surface area contributed by atoms with Gasteiger partial charge in [-0.2, -0.15) is 0 Å². The Hall–Kier alpha value is -2.49. The Morgan fingerprint density at radius 3 is 0.532 bits per heavy atom. The summed E-state index contributed by atoms with van der Waals surface area (Å²) in [4.78, 5) is 0. The molecule has 0 aromatic heterocycles. The molecule has 5 heteroatoms. The normalized spacial score (nSPS) is 10.1. The van der Waals surface area contributed by atoms with Crippen molar-refractivity contribution in [3.05, 3.63) is 213 Å². The second-order valence-corrected chi connectivity index (χ2v) is 17.9. The van der Waals surface area contributed by atoms with Crippen molar-refractivity contribution in [3.8, 4) is 0 Å². The van der Waals surface area contributed by atoms with E-state index >= 15 is 0 Å². The van der Waals surface area contributed by atoms with E-state index in [0.29, 0.717) is 0 Å². The van der Waals surface area contributed by atoms with E-state index in [1.165, 1.54) is 39.0 Å². The van der Waals surface area contributed by atoms with Gasteiger partial charge < -0.3 is 0 Å². The van der Waals surface area contributed by atoms with E-state index in [1.54, 1.807) is 0 Å². The predicted molar refractivity (Wildman–Crippen MR) is 200 cm³/mol. The molecule has 0 nitrogen and oxygen atoms in total. The Balaban J connectivity index is 0.000000171. The average Bonchev–Trinajstić information content (AvgIpc) is 3.13. The number of hydrogen-bond donors (Lipinski definition) is 0. The van der Waals surface area contributed by atoms with Crippen LogP contribution in [0.4, 0.5) is 0 Å². The molecule has 0 unspecified atom stereocenters. The molecule has 0 atom stereocenters. The van der Waals surface area contributed by atoms with Gasteiger partial charge in [0.15, 0.2) is 0 Å². The molecule has 0 amide bonds. The summed E-state index contributed by atoms with van der Waals surface area (Å²) in [5.74, 6) is 0. The first kappa shape index (κ1) is 37.3. The third-order valence-corrected chi connectivity index (χ3v) is 16.0. The van der Waals surface area contributed by atoms with E-state index in [9.17, 15) is 0 Å². The molecule has 235 valence electrons. The van der Waals surface area contributed by atoms with Crippen molar-refractivity contribution in [1.82, 2.24) is 0 Å². The summed E-state index contributed by atoms with van der Waals surface area (Å²) >= 11 is 4.11. The molecule has 47 heavy (non-hydrogen) atoms. The molecule has 0 saturated heterocycles. The Morgan fingerprint density at radius 1 is 0.234 bits per heavy atom. The van der Waals surface area contributed by atoms with Crippen LogP contribution in [0.25, 0.3) is 0 Å². The first-order valence-corrected chi connectivity index (χ1v) is 20.5. The number of rotatable bonds is 6. The molecular weight excluding hydrogens is 1010 g/mol. The smallest absolute Gasteiger partial charge is 0.0620 e. The standard InChI is InChI=1S/2C18H15P.C6H6I2.Ir/c2*1-4-10-16(11-5-1)19(17-12-6-2-7-13-17)18-14-8-3-9-15-18;7-5-3-1-2-4-6(5)8;/h2*1-15H;1-4,7-8H;/q;;+2;/p+2. The number of halogens is 2. The van der Waals surface area contributed by atoms with Crippen molar-refractivity contribution in [3.63, 3.8) is 0 Å². The van der Waals surface area contributed by atoms with Gasteiger partial charge in [-0.3, -0.25) is 0 Å². The molecule has 0 bridgehead atoms. The molecule has 0 aliphatic carbocycles. The van der Waals surface area contributed by atoms with Crippen molar-refractivity contribution < 1.29 is 65.3 Å². The van der Waals surface area contributed by atoms with Crippen LogP contribution in [-0.4, -0.2) is 0 Å². The zero-order valence-corrected chi connectivity index (χ0v) is 34.8. The Labute approximate surface area is 323 Å². The van der Waals surface area contributed by atoms with E-state index in [2.05, 4.69) is 251 Å². The van der Waals surface area contributed by atoms with E-state index in [-0.39, 0.29) is 20.1 Å².